The van der Waals surface area contributed by atoms with E-state index >= 15 is 0 Å². The fourth-order valence-corrected chi connectivity index (χ4v) is 4.08. The monoisotopic (exact) mass is 414 g/mol. The van der Waals surface area contributed by atoms with Crippen molar-refractivity contribution in [3.8, 4) is 0 Å². The molecule has 1 aliphatic heterocycles. The average Bonchev–Trinajstić information content (AvgIpc) is 2.96. The summed E-state index contributed by atoms with van der Waals surface area (Å²) in [5, 5.41) is 4.69. The molecule has 3 aromatic carbocycles. The minimum atomic E-state index is -1.23. The predicted octanol–water partition coefficient (Wildman–Crippen LogP) is 4.79. The number of ketones is 1. The van der Waals surface area contributed by atoms with Gasteiger partial charge in [-0.2, -0.15) is 0 Å². The van der Waals surface area contributed by atoms with E-state index in [2.05, 4.69) is 26.1 Å². The lowest BCUT2D eigenvalue weighted by Crippen LogP contribution is -2.41. The van der Waals surface area contributed by atoms with Crippen LogP contribution in [0, 0.1) is 0 Å². The van der Waals surface area contributed by atoms with Gasteiger partial charge in [-0.1, -0.05) is 87.5 Å². The number of benzene rings is 3. The van der Waals surface area contributed by atoms with Crippen molar-refractivity contribution in [1.82, 2.24) is 10.2 Å². The van der Waals surface area contributed by atoms with E-state index in [4.69, 9.17) is 0 Å². The molecule has 0 bridgehead atoms. The van der Waals surface area contributed by atoms with Crippen molar-refractivity contribution in [2.75, 3.05) is 6.54 Å². The zero-order valence-electron chi connectivity index (χ0n) is 18.2. The van der Waals surface area contributed by atoms with Gasteiger partial charge in [0.2, 0.25) is 0 Å². The van der Waals surface area contributed by atoms with Gasteiger partial charge in [-0.05, 0) is 34.2 Å². The zero-order valence-corrected chi connectivity index (χ0v) is 18.2. The maximum atomic E-state index is 13.3. The fourth-order valence-electron chi connectivity index (χ4n) is 4.08. The molecule has 1 fully saturated rings. The summed E-state index contributed by atoms with van der Waals surface area (Å²) < 4.78 is 0. The van der Waals surface area contributed by atoms with Gasteiger partial charge in [-0.15, -0.1) is 0 Å². The third-order valence-corrected chi connectivity index (χ3v) is 5.98. The van der Waals surface area contributed by atoms with Crippen LogP contribution in [0.5, 0.6) is 0 Å². The molecule has 0 saturated carbocycles. The number of nitrogens with zero attached hydrogens (tertiary/aromatic N) is 1. The smallest absolute Gasteiger partial charge is 0.319 e. The first kappa shape index (κ1) is 20.8. The highest BCUT2D eigenvalue weighted by atomic mass is 16.2. The average molecular weight is 415 g/mol. The number of amides is 3. The third-order valence-electron chi connectivity index (χ3n) is 5.98. The van der Waals surface area contributed by atoms with E-state index in [0.29, 0.717) is 11.1 Å². The van der Waals surface area contributed by atoms with Crippen LogP contribution in [0.15, 0.2) is 66.7 Å². The number of rotatable bonds is 4. The zero-order chi connectivity index (χ0) is 22.4. The van der Waals surface area contributed by atoms with Crippen LogP contribution in [-0.2, 0) is 15.7 Å². The van der Waals surface area contributed by atoms with Crippen molar-refractivity contribution in [3.63, 3.8) is 0 Å². The van der Waals surface area contributed by atoms with Crippen molar-refractivity contribution >= 4 is 28.5 Å². The molecule has 5 nitrogen and oxygen atoms in total. The largest absolute Gasteiger partial charge is 0.325 e. The molecular formula is C26H26N2O3. The summed E-state index contributed by atoms with van der Waals surface area (Å²) in [7, 11) is 0. The highest BCUT2D eigenvalue weighted by Crippen LogP contribution is 2.34. The van der Waals surface area contributed by atoms with Gasteiger partial charge in [-0.3, -0.25) is 14.5 Å². The summed E-state index contributed by atoms with van der Waals surface area (Å²) in [5.41, 5.74) is 1.06. The minimum Gasteiger partial charge on any atom is -0.319 e. The maximum Gasteiger partial charge on any atom is 0.325 e. The number of hydrogen-bond donors (Lipinski definition) is 1. The molecule has 158 valence electrons. The number of fused-ring (bicyclic) bond motifs is 1. The van der Waals surface area contributed by atoms with E-state index in [9.17, 15) is 14.4 Å². The molecule has 0 aromatic heterocycles. The van der Waals surface area contributed by atoms with Gasteiger partial charge in [0.1, 0.15) is 5.54 Å². The first-order chi connectivity index (χ1) is 14.6. The van der Waals surface area contributed by atoms with E-state index in [1.807, 2.05) is 54.6 Å². The Labute approximate surface area is 182 Å². The van der Waals surface area contributed by atoms with Crippen LogP contribution in [0.4, 0.5) is 4.79 Å². The van der Waals surface area contributed by atoms with Gasteiger partial charge >= 0.3 is 6.03 Å². The molecule has 0 radical (unpaired) electrons. The first-order valence-corrected chi connectivity index (χ1v) is 10.4. The van der Waals surface area contributed by atoms with Crippen LogP contribution in [-0.4, -0.2) is 29.2 Å². The molecule has 3 amide bonds. The van der Waals surface area contributed by atoms with E-state index < -0.39 is 17.5 Å². The van der Waals surface area contributed by atoms with Gasteiger partial charge in [0.15, 0.2) is 5.78 Å². The van der Waals surface area contributed by atoms with Crippen LogP contribution in [0.1, 0.15) is 49.2 Å². The lowest BCUT2D eigenvalue weighted by Gasteiger charge is -2.24. The molecule has 1 saturated heterocycles. The molecular weight excluding hydrogens is 388 g/mol. The molecule has 0 aliphatic carbocycles. The molecule has 5 heteroatoms. The van der Waals surface area contributed by atoms with E-state index in [-0.39, 0.29) is 17.7 Å². The SMILES string of the molecule is CC(C)(C)c1ccc(C(=O)CN2C(=O)N[C@](C)(c3cccc4ccccc34)C2=O)cc1. The minimum absolute atomic E-state index is 0.0212. The lowest BCUT2D eigenvalue weighted by molar-refractivity contribution is -0.130. The number of carbonyl (C=O) groups excluding carboxylic acids is 3. The Morgan fingerprint density at radius 3 is 2.26 bits per heavy atom. The van der Waals surface area contributed by atoms with Gasteiger partial charge in [0.25, 0.3) is 5.91 Å². The summed E-state index contributed by atoms with van der Waals surface area (Å²) in [4.78, 5) is 39.9. The van der Waals surface area contributed by atoms with Crippen LogP contribution in [0.3, 0.4) is 0 Å². The topological polar surface area (TPSA) is 66.5 Å². The Hall–Kier alpha value is -3.47. The molecule has 0 unspecified atom stereocenters. The van der Waals surface area contributed by atoms with Crippen LogP contribution < -0.4 is 5.32 Å². The number of hydrogen-bond acceptors (Lipinski definition) is 3. The van der Waals surface area contributed by atoms with Crippen molar-refractivity contribution in [1.29, 1.82) is 0 Å². The van der Waals surface area contributed by atoms with E-state index in [0.717, 1.165) is 21.2 Å². The number of urea groups is 1. The van der Waals surface area contributed by atoms with E-state index in [1.54, 1.807) is 19.1 Å². The van der Waals surface area contributed by atoms with Crippen molar-refractivity contribution in [2.45, 2.75) is 38.6 Å². The summed E-state index contributed by atoms with van der Waals surface area (Å²) in [5.74, 6) is -0.695. The Morgan fingerprint density at radius 2 is 1.58 bits per heavy atom. The second-order valence-corrected chi connectivity index (χ2v) is 9.22. The number of nitrogens with one attached hydrogen (secondary N) is 1. The van der Waals surface area contributed by atoms with E-state index in [1.165, 1.54) is 0 Å². The van der Waals surface area contributed by atoms with Gasteiger partial charge in [-0.25, -0.2) is 4.79 Å². The first-order valence-electron chi connectivity index (χ1n) is 10.4. The van der Waals surface area contributed by atoms with Gasteiger partial charge in [0, 0.05) is 5.56 Å². The molecule has 1 N–H and O–H groups in total. The lowest BCUT2D eigenvalue weighted by atomic mass is 9.86. The Morgan fingerprint density at radius 1 is 0.935 bits per heavy atom. The van der Waals surface area contributed by atoms with Crippen LogP contribution in [0.2, 0.25) is 0 Å². The molecule has 0 spiro atoms. The normalized spacial score (nSPS) is 19.0. The number of imide groups is 1. The maximum absolute atomic E-state index is 13.3. The molecule has 31 heavy (non-hydrogen) atoms. The fraction of sp³-hybridized carbons (Fsp3) is 0.269. The summed E-state index contributed by atoms with van der Waals surface area (Å²) in [6.07, 6.45) is 0. The number of carbonyl (C=O) groups is 3. The summed E-state index contributed by atoms with van der Waals surface area (Å²) in [6, 6.07) is 20.2. The Kier molecular flexibility index (Phi) is 4.92. The molecule has 3 aromatic rings. The molecule has 1 atom stereocenters. The Bertz CT molecular complexity index is 1190. The standard InChI is InChI=1S/C26H26N2O3/c1-25(2,3)19-14-12-18(13-15-19)22(29)16-28-23(30)26(4,27-24(28)31)21-11-7-9-17-8-5-6-10-20(17)21/h5-15H,16H2,1-4H3,(H,27,31)/t26-/m1/s1. The predicted molar refractivity (Wildman–Crippen MR) is 121 cm³/mol. The van der Waals surface area contributed by atoms with Gasteiger partial charge < -0.3 is 5.32 Å². The van der Waals surface area contributed by atoms with Crippen molar-refractivity contribution < 1.29 is 14.4 Å². The van der Waals surface area contributed by atoms with Crippen LogP contribution in [0.25, 0.3) is 10.8 Å². The quantitative estimate of drug-likeness (QED) is 0.493. The highest BCUT2D eigenvalue weighted by molar-refractivity contribution is 6.12. The molecule has 1 heterocycles. The molecule has 1 aliphatic rings. The second kappa shape index (κ2) is 7.34. The highest BCUT2D eigenvalue weighted by Gasteiger charge is 2.50. The third kappa shape index (κ3) is 3.61. The van der Waals surface area contributed by atoms with Crippen LogP contribution >= 0.6 is 0 Å². The second-order valence-electron chi connectivity index (χ2n) is 9.22. The number of Topliss-reactive ketones (excluding diaryl/α,β-unsaturated/α-hetero) is 1. The Balaban J connectivity index is 1.60. The summed E-state index contributed by atoms with van der Waals surface area (Å²) >= 11 is 0. The summed E-state index contributed by atoms with van der Waals surface area (Å²) in [6.45, 7) is 7.71. The van der Waals surface area contributed by atoms with Crippen molar-refractivity contribution in [2.24, 2.45) is 0 Å². The van der Waals surface area contributed by atoms with Crippen molar-refractivity contribution in [3.05, 3.63) is 83.4 Å². The molecule has 4 rings (SSSR count). The van der Waals surface area contributed by atoms with Gasteiger partial charge in [0.05, 0.1) is 6.54 Å².